The summed E-state index contributed by atoms with van der Waals surface area (Å²) >= 11 is 6.10. The summed E-state index contributed by atoms with van der Waals surface area (Å²) < 4.78 is 5.43. The largest absolute Gasteiger partial charge is 0.495 e. The molecule has 0 aliphatic carbocycles. The maximum absolute atomic E-state index is 6.10. The van der Waals surface area contributed by atoms with E-state index in [2.05, 4.69) is 9.80 Å². The van der Waals surface area contributed by atoms with Gasteiger partial charge in [-0.05, 0) is 44.1 Å². The van der Waals surface area contributed by atoms with Crippen molar-refractivity contribution in [1.29, 1.82) is 0 Å². The van der Waals surface area contributed by atoms with Crippen molar-refractivity contribution < 1.29 is 4.74 Å². The number of ether oxygens (including phenoxy) is 1. The van der Waals surface area contributed by atoms with Crippen molar-refractivity contribution in [3.8, 4) is 5.75 Å². The molecule has 1 fully saturated rings. The lowest BCUT2D eigenvalue weighted by molar-refractivity contribution is 0.252. The van der Waals surface area contributed by atoms with E-state index in [1.54, 1.807) is 7.11 Å². The Labute approximate surface area is 126 Å². The summed E-state index contributed by atoms with van der Waals surface area (Å²) in [6, 6.07) is 5.79. The molecule has 112 valence electrons. The van der Waals surface area contributed by atoms with Crippen molar-refractivity contribution >= 4 is 17.3 Å². The van der Waals surface area contributed by atoms with Gasteiger partial charge in [-0.25, -0.2) is 0 Å². The Kier molecular flexibility index (Phi) is 5.95. The van der Waals surface area contributed by atoms with Gasteiger partial charge in [0, 0.05) is 31.2 Å². The molecule has 0 amide bonds. The average Bonchev–Trinajstić information content (AvgIpc) is 2.48. The number of unbranched alkanes of at least 4 members (excludes halogenated alkanes) is 1. The van der Waals surface area contributed by atoms with Crippen LogP contribution in [-0.4, -0.2) is 51.3 Å². The van der Waals surface area contributed by atoms with E-state index in [0.29, 0.717) is 0 Å². The molecule has 20 heavy (non-hydrogen) atoms. The lowest BCUT2D eigenvalue weighted by Crippen LogP contribution is -2.46. The minimum Gasteiger partial charge on any atom is -0.495 e. The fourth-order valence-corrected chi connectivity index (χ4v) is 2.77. The molecule has 1 saturated heterocycles. The number of nitrogens with zero attached hydrogens (tertiary/aromatic N) is 2. The van der Waals surface area contributed by atoms with Crippen LogP contribution >= 0.6 is 11.6 Å². The molecule has 1 heterocycles. The minimum absolute atomic E-state index is 0.756. The number of piperazine rings is 1. The van der Waals surface area contributed by atoms with Crippen LogP contribution in [-0.2, 0) is 0 Å². The third-order valence-electron chi connectivity index (χ3n) is 3.78. The van der Waals surface area contributed by atoms with E-state index in [0.717, 1.165) is 62.1 Å². The zero-order chi connectivity index (χ0) is 14.4. The number of rotatable bonds is 6. The van der Waals surface area contributed by atoms with E-state index in [-0.39, 0.29) is 0 Å². The third-order valence-corrected chi connectivity index (χ3v) is 4.02. The molecule has 0 saturated carbocycles. The van der Waals surface area contributed by atoms with Crippen LogP contribution in [0.1, 0.15) is 12.8 Å². The highest BCUT2D eigenvalue weighted by Gasteiger charge is 2.19. The standard InChI is InChI=1S/C15H24ClN3O/c1-20-15-5-4-13(16)12-14(15)19-10-8-18(9-11-19)7-3-2-6-17/h4-5,12H,2-3,6-11,17H2,1H3. The van der Waals surface area contributed by atoms with Crippen molar-refractivity contribution in [2.24, 2.45) is 5.73 Å². The van der Waals surface area contributed by atoms with Crippen LogP contribution in [0.25, 0.3) is 0 Å². The van der Waals surface area contributed by atoms with E-state index in [1.807, 2.05) is 18.2 Å². The molecule has 1 aromatic carbocycles. The van der Waals surface area contributed by atoms with E-state index >= 15 is 0 Å². The van der Waals surface area contributed by atoms with E-state index in [9.17, 15) is 0 Å². The Morgan fingerprint density at radius 3 is 2.60 bits per heavy atom. The molecule has 2 N–H and O–H groups in total. The predicted molar refractivity (Wildman–Crippen MR) is 84.9 cm³/mol. The number of nitrogens with two attached hydrogens (primary N) is 1. The van der Waals surface area contributed by atoms with Crippen LogP contribution < -0.4 is 15.4 Å². The van der Waals surface area contributed by atoms with Gasteiger partial charge in [0.15, 0.2) is 0 Å². The van der Waals surface area contributed by atoms with Crippen LogP contribution in [0.15, 0.2) is 18.2 Å². The topological polar surface area (TPSA) is 41.7 Å². The Morgan fingerprint density at radius 1 is 1.20 bits per heavy atom. The summed E-state index contributed by atoms with van der Waals surface area (Å²) in [6.07, 6.45) is 2.30. The minimum atomic E-state index is 0.756. The first-order chi connectivity index (χ1) is 9.74. The van der Waals surface area contributed by atoms with Crippen molar-refractivity contribution in [2.75, 3.05) is 51.3 Å². The third kappa shape index (κ3) is 4.01. The molecule has 1 aromatic rings. The normalized spacial score (nSPS) is 16.4. The van der Waals surface area contributed by atoms with Crippen molar-refractivity contribution in [1.82, 2.24) is 4.90 Å². The lowest BCUT2D eigenvalue weighted by Gasteiger charge is -2.36. The van der Waals surface area contributed by atoms with E-state index < -0.39 is 0 Å². The zero-order valence-corrected chi connectivity index (χ0v) is 12.9. The average molecular weight is 298 g/mol. The Bertz CT molecular complexity index is 420. The smallest absolute Gasteiger partial charge is 0.142 e. The molecule has 0 unspecified atom stereocenters. The summed E-state index contributed by atoms with van der Waals surface area (Å²) in [5.41, 5.74) is 6.63. The Balaban J connectivity index is 1.91. The second-order valence-electron chi connectivity index (χ2n) is 5.14. The number of hydrogen-bond acceptors (Lipinski definition) is 4. The molecular weight excluding hydrogens is 274 g/mol. The molecule has 0 atom stereocenters. The van der Waals surface area contributed by atoms with Crippen molar-refractivity contribution in [2.45, 2.75) is 12.8 Å². The fourth-order valence-electron chi connectivity index (χ4n) is 2.60. The molecular formula is C15H24ClN3O. The first-order valence-corrected chi connectivity index (χ1v) is 7.63. The van der Waals surface area contributed by atoms with Gasteiger partial charge in [0.05, 0.1) is 12.8 Å². The van der Waals surface area contributed by atoms with Gasteiger partial charge in [0.2, 0.25) is 0 Å². The summed E-state index contributed by atoms with van der Waals surface area (Å²) in [6.45, 7) is 6.14. The van der Waals surface area contributed by atoms with Crippen LogP contribution in [0, 0.1) is 0 Å². The molecule has 4 nitrogen and oxygen atoms in total. The SMILES string of the molecule is COc1ccc(Cl)cc1N1CCN(CCCCN)CC1. The molecule has 1 aliphatic heterocycles. The number of methoxy groups -OCH3 is 1. The summed E-state index contributed by atoms with van der Waals surface area (Å²) in [5.74, 6) is 0.894. The predicted octanol–water partition coefficient (Wildman–Crippen LogP) is 2.21. The number of benzene rings is 1. The van der Waals surface area contributed by atoms with Crippen molar-refractivity contribution in [3.05, 3.63) is 23.2 Å². The Morgan fingerprint density at radius 2 is 1.95 bits per heavy atom. The van der Waals surface area contributed by atoms with Crippen LogP contribution in [0.2, 0.25) is 5.02 Å². The number of hydrogen-bond donors (Lipinski definition) is 1. The van der Waals surface area contributed by atoms with Gasteiger partial charge in [-0.3, -0.25) is 4.90 Å². The molecule has 2 rings (SSSR count). The number of halogens is 1. The first-order valence-electron chi connectivity index (χ1n) is 7.25. The van der Waals surface area contributed by atoms with E-state index in [1.165, 1.54) is 6.42 Å². The van der Waals surface area contributed by atoms with Crippen LogP contribution in [0.4, 0.5) is 5.69 Å². The monoisotopic (exact) mass is 297 g/mol. The van der Waals surface area contributed by atoms with Gasteiger partial charge in [-0.15, -0.1) is 0 Å². The summed E-state index contributed by atoms with van der Waals surface area (Å²) in [4.78, 5) is 4.85. The maximum atomic E-state index is 6.10. The molecule has 0 bridgehead atoms. The molecule has 0 radical (unpaired) electrons. The van der Waals surface area contributed by atoms with Crippen molar-refractivity contribution in [3.63, 3.8) is 0 Å². The zero-order valence-electron chi connectivity index (χ0n) is 12.1. The van der Waals surface area contributed by atoms with E-state index in [4.69, 9.17) is 22.1 Å². The molecule has 5 heteroatoms. The second kappa shape index (κ2) is 7.72. The van der Waals surface area contributed by atoms with Gasteiger partial charge in [-0.1, -0.05) is 11.6 Å². The van der Waals surface area contributed by atoms with Gasteiger partial charge in [-0.2, -0.15) is 0 Å². The van der Waals surface area contributed by atoms with Gasteiger partial charge >= 0.3 is 0 Å². The highest BCUT2D eigenvalue weighted by atomic mass is 35.5. The van der Waals surface area contributed by atoms with Crippen LogP contribution in [0.3, 0.4) is 0 Å². The molecule has 0 spiro atoms. The quantitative estimate of drug-likeness (QED) is 0.818. The van der Waals surface area contributed by atoms with Gasteiger partial charge < -0.3 is 15.4 Å². The van der Waals surface area contributed by atoms with Gasteiger partial charge in [0.1, 0.15) is 5.75 Å². The Hall–Kier alpha value is -0.970. The maximum Gasteiger partial charge on any atom is 0.142 e. The second-order valence-corrected chi connectivity index (χ2v) is 5.58. The number of anilines is 1. The van der Waals surface area contributed by atoms with Gasteiger partial charge in [0.25, 0.3) is 0 Å². The fraction of sp³-hybridized carbons (Fsp3) is 0.600. The van der Waals surface area contributed by atoms with Crippen LogP contribution in [0.5, 0.6) is 5.75 Å². The highest BCUT2D eigenvalue weighted by Crippen LogP contribution is 2.31. The lowest BCUT2D eigenvalue weighted by atomic mass is 10.2. The first kappa shape index (κ1) is 15.4. The molecule has 0 aromatic heterocycles. The molecule has 1 aliphatic rings. The summed E-state index contributed by atoms with van der Waals surface area (Å²) in [7, 11) is 1.70. The summed E-state index contributed by atoms with van der Waals surface area (Å²) in [5, 5.41) is 0.756. The highest BCUT2D eigenvalue weighted by molar-refractivity contribution is 6.30.